The molecule has 0 spiro atoms. The van der Waals surface area contributed by atoms with Crippen LogP contribution in [0.1, 0.15) is 25.5 Å². The Hall–Kier alpha value is -0.990. The Kier molecular flexibility index (Phi) is 5.45. The van der Waals surface area contributed by atoms with Crippen molar-refractivity contribution in [3.8, 4) is 0 Å². The van der Waals surface area contributed by atoms with Gasteiger partial charge in [0.1, 0.15) is 12.2 Å². The lowest BCUT2D eigenvalue weighted by atomic mass is 10.0. The van der Waals surface area contributed by atoms with Gasteiger partial charge in [0.25, 0.3) is 0 Å². The molecule has 0 fully saturated rings. The molecule has 1 rings (SSSR count). The Morgan fingerprint density at radius 3 is 2.37 bits per heavy atom. The first-order valence-corrected chi connectivity index (χ1v) is 7.38. The van der Waals surface area contributed by atoms with Crippen molar-refractivity contribution in [3.63, 3.8) is 0 Å². The van der Waals surface area contributed by atoms with Crippen molar-refractivity contribution >= 4 is 10.0 Å². The molecular weight excluding hydrogens is 270 g/mol. The van der Waals surface area contributed by atoms with Crippen molar-refractivity contribution in [2.45, 2.75) is 37.1 Å². The van der Waals surface area contributed by atoms with E-state index in [0.29, 0.717) is 0 Å². The van der Waals surface area contributed by atoms with Gasteiger partial charge in [0.05, 0.1) is 17.6 Å². The maximum Gasteiger partial charge on any atom is 0.238 e. The molecule has 0 aromatic heterocycles. The van der Waals surface area contributed by atoms with Gasteiger partial charge in [-0.1, -0.05) is 18.2 Å². The zero-order chi connectivity index (χ0) is 14.6. The highest BCUT2D eigenvalue weighted by Crippen LogP contribution is 2.28. The fourth-order valence-corrected chi connectivity index (χ4v) is 2.52. The third-order valence-corrected chi connectivity index (χ3v) is 3.47. The van der Waals surface area contributed by atoms with Crippen LogP contribution in [0.25, 0.3) is 0 Å². The molecule has 0 radical (unpaired) electrons. The molecule has 4 N–H and O–H groups in total. The number of nitrogens with two attached hydrogens (primary N) is 1. The smallest absolute Gasteiger partial charge is 0.238 e. The number of benzene rings is 1. The van der Waals surface area contributed by atoms with Crippen molar-refractivity contribution < 1.29 is 23.4 Å². The second-order valence-corrected chi connectivity index (χ2v) is 5.97. The number of hydrogen-bond acceptors (Lipinski definition) is 5. The number of aliphatic hydroxyl groups is 2. The lowest BCUT2D eigenvalue weighted by molar-refractivity contribution is -0.0844. The van der Waals surface area contributed by atoms with Gasteiger partial charge in [0.2, 0.25) is 10.0 Å². The third-order valence-electron chi connectivity index (χ3n) is 2.49. The van der Waals surface area contributed by atoms with Crippen molar-refractivity contribution in [3.05, 3.63) is 29.8 Å². The quantitative estimate of drug-likeness (QED) is 0.690. The van der Waals surface area contributed by atoms with E-state index in [1.165, 1.54) is 18.2 Å². The van der Waals surface area contributed by atoms with Gasteiger partial charge in [0, 0.05) is 5.56 Å². The van der Waals surface area contributed by atoms with Crippen LogP contribution in [-0.2, 0) is 14.8 Å². The predicted molar refractivity (Wildman–Crippen MR) is 69.9 cm³/mol. The van der Waals surface area contributed by atoms with Gasteiger partial charge < -0.3 is 14.9 Å². The van der Waals surface area contributed by atoms with Crippen molar-refractivity contribution in [1.29, 1.82) is 0 Å². The van der Waals surface area contributed by atoms with E-state index in [1.54, 1.807) is 19.9 Å². The minimum absolute atomic E-state index is 0.117. The van der Waals surface area contributed by atoms with E-state index in [4.69, 9.17) is 15.0 Å². The van der Waals surface area contributed by atoms with E-state index in [1.807, 2.05) is 0 Å². The summed E-state index contributed by atoms with van der Waals surface area (Å²) in [6, 6.07) is 5.99. The molecule has 0 bridgehead atoms. The Labute approximate surface area is 112 Å². The van der Waals surface area contributed by atoms with Crippen LogP contribution < -0.4 is 5.14 Å². The molecule has 0 aliphatic carbocycles. The first-order valence-electron chi connectivity index (χ1n) is 5.83. The van der Waals surface area contributed by atoms with E-state index in [-0.39, 0.29) is 16.6 Å². The van der Waals surface area contributed by atoms with Crippen LogP contribution >= 0.6 is 0 Å². The normalized spacial score (nSPS) is 15.5. The highest BCUT2D eigenvalue weighted by atomic mass is 32.2. The molecule has 7 heteroatoms. The molecule has 2 atom stereocenters. The second kappa shape index (κ2) is 6.44. The molecule has 0 saturated carbocycles. The summed E-state index contributed by atoms with van der Waals surface area (Å²) in [5.74, 6) is 0. The monoisotopic (exact) mass is 289 g/mol. The SMILES string of the molecule is CC(C)O[C@@H](c1ccccc1S(N)(=O)=O)[C@H](O)CO. The number of primary sulfonamides is 1. The van der Waals surface area contributed by atoms with Gasteiger partial charge in [-0.3, -0.25) is 0 Å². The Morgan fingerprint density at radius 2 is 1.89 bits per heavy atom. The Bertz CT molecular complexity index is 515. The topological polar surface area (TPSA) is 110 Å². The van der Waals surface area contributed by atoms with Crippen molar-refractivity contribution in [2.24, 2.45) is 5.14 Å². The number of aliphatic hydroxyl groups excluding tert-OH is 2. The predicted octanol–water partition coefficient (Wildman–Crippen LogP) is 0.153. The lowest BCUT2D eigenvalue weighted by Crippen LogP contribution is -2.29. The molecule has 0 aliphatic heterocycles. The molecule has 19 heavy (non-hydrogen) atoms. The summed E-state index contributed by atoms with van der Waals surface area (Å²) in [7, 11) is -3.93. The van der Waals surface area contributed by atoms with Crippen LogP contribution in [0, 0.1) is 0 Å². The van der Waals surface area contributed by atoms with Gasteiger partial charge in [0.15, 0.2) is 0 Å². The molecule has 1 aromatic rings. The molecular formula is C12H19NO5S. The summed E-state index contributed by atoms with van der Waals surface area (Å²) >= 11 is 0. The van der Waals surface area contributed by atoms with Crippen LogP contribution in [0.5, 0.6) is 0 Å². The number of sulfonamides is 1. The minimum Gasteiger partial charge on any atom is -0.394 e. The van der Waals surface area contributed by atoms with Gasteiger partial charge in [-0.05, 0) is 19.9 Å². The van der Waals surface area contributed by atoms with E-state index in [2.05, 4.69) is 0 Å². The molecule has 0 unspecified atom stereocenters. The summed E-state index contributed by atoms with van der Waals surface area (Å²) < 4.78 is 28.6. The summed E-state index contributed by atoms with van der Waals surface area (Å²) in [5.41, 5.74) is 0.236. The highest BCUT2D eigenvalue weighted by Gasteiger charge is 2.27. The number of hydrogen-bond donors (Lipinski definition) is 3. The number of rotatable bonds is 6. The summed E-state index contributed by atoms with van der Waals surface area (Å²) in [5, 5.41) is 24.0. The third kappa shape index (κ3) is 4.26. The van der Waals surface area contributed by atoms with Gasteiger partial charge >= 0.3 is 0 Å². The first-order chi connectivity index (χ1) is 8.77. The number of ether oxygens (including phenoxy) is 1. The summed E-state index contributed by atoms with van der Waals surface area (Å²) in [6.07, 6.45) is -2.44. The lowest BCUT2D eigenvalue weighted by Gasteiger charge is -2.26. The summed E-state index contributed by atoms with van der Waals surface area (Å²) in [6.45, 7) is 2.95. The van der Waals surface area contributed by atoms with Crippen molar-refractivity contribution in [2.75, 3.05) is 6.61 Å². The molecule has 0 amide bonds. The fourth-order valence-electron chi connectivity index (χ4n) is 1.73. The van der Waals surface area contributed by atoms with Gasteiger partial charge in [-0.15, -0.1) is 0 Å². The van der Waals surface area contributed by atoms with Crippen LogP contribution in [0.15, 0.2) is 29.2 Å². The molecule has 1 aromatic carbocycles. The molecule has 0 heterocycles. The van der Waals surface area contributed by atoms with E-state index in [9.17, 15) is 13.5 Å². The minimum atomic E-state index is -3.93. The largest absolute Gasteiger partial charge is 0.394 e. The van der Waals surface area contributed by atoms with E-state index in [0.717, 1.165) is 0 Å². The van der Waals surface area contributed by atoms with Crippen LogP contribution in [0.3, 0.4) is 0 Å². The molecule has 6 nitrogen and oxygen atoms in total. The zero-order valence-corrected chi connectivity index (χ0v) is 11.7. The van der Waals surface area contributed by atoms with Crippen LogP contribution in [0.2, 0.25) is 0 Å². The maximum absolute atomic E-state index is 11.5. The highest BCUT2D eigenvalue weighted by molar-refractivity contribution is 7.89. The maximum atomic E-state index is 11.5. The van der Waals surface area contributed by atoms with E-state index >= 15 is 0 Å². The van der Waals surface area contributed by atoms with E-state index < -0.39 is 28.8 Å². The fraction of sp³-hybridized carbons (Fsp3) is 0.500. The Balaban J connectivity index is 3.30. The molecule has 0 aliphatic rings. The molecule has 0 saturated heterocycles. The van der Waals surface area contributed by atoms with Crippen LogP contribution in [-0.4, -0.2) is 37.4 Å². The second-order valence-electron chi connectivity index (χ2n) is 4.44. The standard InChI is InChI=1S/C12H19NO5S/c1-8(2)18-12(10(15)7-14)9-5-3-4-6-11(9)19(13,16)17/h3-6,8,10,12,14-15H,7H2,1-2H3,(H2,13,16,17)/t10-,12+/m1/s1. The average molecular weight is 289 g/mol. The van der Waals surface area contributed by atoms with Gasteiger partial charge in [-0.25, -0.2) is 13.6 Å². The van der Waals surface area contributed by atoms with Crippen molar-refractivity contribution in [1.82, 2.24) is 0 Å². The zero-order valence-electron chi connectivity index (χ0n) is 10.9. The van der Waals surface area contributed by atoms with Crippen LogP contribution in [0.4, 0.5) is 0 Å². The first kappa shape index (κ1) is 16.1. The average Bonchev–Trinajstić information content (AvgIpc) is 2.34. The molecule has 108 valence electrons. The summed E-state index contributed by atoms with van der Waals surface area (Å²) in [4.78, 5) is -0.117. The van der Waals surface area contributed by atoms with Gasteiger partial charge in [-0.2, -0.15) is 0 Å². The Morgan fingerprint density at radius 1 is 1.32 bits per heavy atom.